The van der Waals surface area contributed by atoms with Gasteiger partial charge < -0.3 is 30.8 Å². The van der Waals surface area contributed by atoms with E-state index >= 15 is 0 Å². The molecule has 14 heteroatoms. The smallest absolute Gasteiger partial charge is 0.404 e. The maximum absolute atomic E-state index is 13.6. The average Bonchev–Trinajstić information content (AvgIpc) is 3.21. The second-order valence-electron chi connectivity index (χ2n) is 13.4. The quantitative estimate of drug-likeness (QED) is 0.0544. The molecule has 1 aliphatic heterocycles. The number of nitro groups is 1. The first-order valence-electron chi connectivity index (χ1n) is 14.3. The lowest BCUT2D eigenvalue weighted by molar-refractivity contribution is -0.525. The fourth-order valence-electron chi connectivity index (χ4n) is 6.42. The summed E-state index contributed by atoms with van der Waals surface area (Å²) in [6.45, 7) is 13.7. The van der Waals surface area contributed by atoms with Gasteiger partial charge in [-0.05, 0) is 76.0 Å². The predicted octanol–water partition coefficient (Wildman–Crippen LogP) is 1.16. The summed E-state index contributed by atoms with van der Waals surface area (Å²) in [5.74, 6) is -0.422. The van der Waals surface area contributed by atoms with E-state index in [0.717, 1.165) is 12.8 Å². The summed E-state index contributed by atoms with van der Waals surface area (Å²) in [4.78, 5) is 40.9. The topological polar surface area (TPSA) is 190 Å². The van der Waals surface area contributed by atoms with Gasteiger partial charge in [-0.25, -0.2) is 15.1 Å². The molecule has 13 nitrogen and oxygen atoms in total. The van der Waals surface area contributed by atoms with Gasteiger partial charge in [0, 0.05) is 6.54 Å². The molecule has 1 heterocycles. The molecular formula is C26H47BN6O7. The lowest BCUT2D eigenvalue weighted by Gasteiger charge is -2.64. The van der Waals surface area contributed by atoms with Gasteiger partial charge in [0.2, 0.25) is 11.8 Å². The number of guanidine groups is 1. The van der Waals surface area contributed by atoms with Gasteiger partial charge in [-0.15, -0.1) is 0 Å². The summed E-state index contributed by atoms with van der Waals surface area (Å²) in [5, 5.41) is 25.2. The van der Waals surface area contributed by atoms with Crippen molar-refractivity contribution in [3.8, 4) is 0 Å². The second-order valence-corrected chi connectivity index (χ2v) is 13.4. The minimum atomic E-state index is -1.09. The van der Waals surface area contributed by atoms with E-state index < -0.39 is 53.6 Å². The van der Waals surface area contributed by atoms with Crippen molar-refractivity contribution >= 4 is 24.9 Å². The summed E-state index contributed by atoms with van der Waals surface area (Å²) >= 11 is 0. The number of aliphatic hydroxyl groups excluding tert-OH is 1. The van der Waals surface area contributed by atoms with Gasteiger partial charge in [0.15, 0.2) is 5.03 Å². The summed E-state index contributed by atoms with van der Waals surface area (Å²) in [7, 11) is -0.612. The van der Waals surface area contributed by atoms with Crippen LogP contribution in [0.15, 0.2) is 4.99 Å². The van der Waals surface area contributed by atoms with Crippen molar-refractivity contribution in [2.24, 2.45) is 39.3 Å². The number of nitrogens with zero attached hydrogens (tertiary/aromatic N) is 2. The number of rotatable bonds is 13. The number of nitrogens with one attached hydrogen (secondary N) is 3. The Morgan fingerprint density at radius 1 is 1.25 bits per heavy atom. The number of amides is 2. The Kier molecular flexibility index (Phi) is 9.78. The summed E-state index contributed by atoms with van der Waals surface area (Å²) in [6.07, 6.45) is 3.17. The number of hydrazine groups is 1. The van der Waals surface area contributed by atoms with Crippen LogP contribution in [0.25, 0.3) is 0 Å². The van der Waals surface area contributed by atoms with Crippen LogP contribution in [-0.4, -0.2) is 71.9 Å². The monoisotopic (exact) mass is 566 g/mol. The molecule has 4 fully saturated rings. The van der Waals surface area contributed by atoms with Gasteiger partial charge in [0.25, 0.3) is 5.96 Å². The number of carbonyl (C=O) groups excluding carboxylic acids is 2. The van der Waals surface area contributed by atoms with Gasteiger partial charge in [0.05, 0.1) is 29.7 Å². The maximum atomic E-state index is 13.6. The van der Waals surface area contributed by atoms with Crippen LogP contribution in [-0.2, 0) is 18.9 Å². The molecule has 6 atom stereocenters. The van der Waals surface area contributed by atoms with E-state index in [4.69, 9.17) is 15.0 Å². The Bertz CT molecular complexity index is 993. The van der Waals surface area contributed by atoms with Crippen LogP contribution in [0.3, 0.4) is 0 Å². The van der Waals surface area contributed by atoms with Crippen LogP contribution in [0.5, 0.6) is 0 Å². The van der Waals surface area contributed by atoms with E-state index in [1.807, 2.05) is 0 Å². The molecule has 0 unspecified atom stereocenters. The molecule has 0 aromatic heterocycles. The second kappa shape index (κ2) is 12.2. The average molecular weight is 567 g/mol. The van der Waals surface area contributed by atoms with Gasteiger partial charge in [-0.2, -0.15) is 0 Å². The molecule has 0 radical (unpaired) electrons. The normalized spacial score (nSPS) is 28.8. The summed E-state index contributed by atoms with van der Waals surface area (Å²) < 4.78 is 13.1. The number of carbonyl (C=O) groups is 2. The first-order chi connectivity index (χ1) is 18.5. The molecular weight excluding hydrogens is 519 g/mol. The zero-order chi connectivity index (χ0) is 30.0. The fourth-order valence-corrected chi connectivity index (χ4v) is 6.42. The first kappa shape index (κ1) is 32.1. The van der Waals surface area contributed by atoms with E-state index in [1.165, 1.54) is 0 Å². The van der Waals surface area contributed by atoms with Crippen molar-refractivity contribution in [1.82, 2.24) is 16.1 Å². The number of aliphatic imine (C=N–C) groups is 1. The van der Waals surface area contributed by atoms with Crippen molar-refractivity contribution in [3.05, 3.63) is 10.1 Å². The molecule has 226 valence electrons. The first-order valence-corrected chi connectivity index (χ1v) is 14.3. The van der Waals surface area contributed by atoms with Crippen LogP contribution in [0.1, 0.15) is 80.6 Å². The molecule has 0 aromatic rings. The van der Waals surface area contributed by atoms with Crippen LogP contribution in [0.2, 0.25) is 0 Å². The van der Waals surface area contributed by atoms with Crippen molar-refractivity contribution in [2.75, 3.05) is 13.2 Å². The van der Waals surface area contributed by atoms with Gasteiger partial charge in [0.1, 0.15) is 6.04 Å². The van der Waals surface area contributed by atoms with Crippen LogP contribution in [0.4, 0.5) is 0 Å². The molecule has 0 aromatic carbocycles. The highest BCUT2D eigenvalue weighted by atomic mass is 16.7. The maximum Gasteiger partial charge on any atom is 0.481 e. The Morgan fingerprint density at radius 2 is 1.93 bits per heavy atom. The lowest BCUT2D eigenvalue weighted by atomic mass is 9.43. The van der Waals surface area contributed by atoms with Crippen molar-refractivity contribution in [2.45, 2.75) is 104 Å². The minimum absolute atomic E-state index is 0.0298. The third-order valence-electron chi connectivity index (χ3n) is 9.12. The predicted molar refractivity (Wildman–Crippen MR) is 150 cm³/mol. The molecule has 3 saturated carbocycles. The number of hydrogen-bond donors (Lipinski definition) is 5. The van der Waals surface area contributed by atoms with Crippen LogP contribution in [0, 0.1) is 38.7 Å². The zero-order valence-corrected chi connectivity index (χ0v) is 24.9. The Morgan fingerprint density at radius 3 is 2.50 bits per heavy atom. The highest BCUT2D eigenvalue weighted by molar-refractivity contribution is 6.48. The molecule has 1 saturated heterocycles. The zero-order valence-electron chi connectivity index (χ0n) is 24.9. The van der Waals surface area contributed by atoms with E-state index in [2.05, 4.69) is 50.2 Å². The number of aliphatic hydroxyl groups is 1. The molecule has 6 N–H and O–H groups in total. The molecule has 0 spiro atoms. The Hall–Kier alpha value is -2.45. The molecule has 40 heavy (non-hydrogen) atoms. The lowest BCUT2D eigenvalue weighted by Crippen LogP contribution is -2.65. The summed E-state index contributed by atoms with van der Waals surface area (Å²) in [6, 6.07) is -0.932. The molecule has 2 amide bonds. The van der Waals surface area contributed by atoms with E-state index in [1.54, 1.807) is 19.3 Å². The van der Waals surface area contributed by atoms with Crippen LogP contribution < -0.4 is 21.8 Å². The van der Waals surface area contributed by atoms with E-state index in [0.29, 0.717) is 24.7 Å². The third-order valence-corrected chi connectivity index (χ3v) is 9.12. The molecule has 4 aliphatic rings. The van der Waals surface area contributed by atoms with E-state index in [-0.39, 0.29) is 36.4 Å². The molecule has 4 rings (SSSR count). The Labute approximate surface area is 237 Å². The van der Waals surface area contributed by atoms with Gasteiger partial charge in [-0.3, -0.25) is 9.59 Å². The van der Waals surface area contributed by atoms with Crippen molar-refractivity contribution < 1.29 is 29.0 Å². The van der Waals surface area contributed by atoms with Crippen molar-refractivity contribution in [3.63, 3.8) is 0 Å². The van der Waals surface area contributed by atoms with Gasteiger partial charge in [-0.1, -0.05) is 33.1 Å². The largest absolute Gasteiger partial charge is 0.481 e. The standard InChI is InChI=1S/C26H47BN6O7/c1-15(2)11-20(27-39-19-13-16-12-18(25(16,5)6)26(19,7)40-27)31-21(35)17(30-22(36)24(3,4)14-34)9-8-10-29-23(28)32-33(37)38/h15-20,34H,8-14H2,1-7H3,(H,30,36)(H,31,35)(H3,28,29,32)/t16-,17+,18-,19-,20+,26+/m1/s1. The highest BCUT2D eigenvalue weighted by Gasteiger charge is 2.68. The number of nitrogens with two attached hydrogens (primary N) is 1. The van der Waals surface area contributed by atoms with Crippen molar-refractivity contribution in [1.29, 1.82) is 0 Å². The van der Waals surface area contributed by atoms with Crippen LogP contribution >= 0.6 is 0 Å². The third kappa shape index (κ3) is 6.88. The molecule has 2 bridgehead atoms. The minimum Gasteiger partial charge on any atom is -0.404 e. The SMILES string of the molecule is CC(C)C[C@H](NC(=O)[C@H](CCCN=C(N)N[N+](=O)[O-])NC(=O)C(C)(C)CO)B1O[C@@H]2C[C@H]3C[C@H](C3(C)C)[C@]2(C)O1. The number of hydrogen-bond acceptors (Lipinski definition) is 8. The fraction of sp³-hybridized carbons (Fsp3) is 0.885. The van der Waals surface area contributed by atoms with Gasteiger partial charge >= 0.3 is 7.12 Å². The molecule has 3 aliphatic carbocycles. The Balaban J connectivity index is 1.72. The van der Waals surface area contributed by atoms with E-state index in [9.17, 15) is 24.8 Å². The highest BCUT2D eigenvalue weighted by Crippen LogP contribution is 2.65. The summed E-state index contributed by atoms with van der Waals surface area (Å²) in [5.41, 5.74) is 5.92.